The highest BCUT2D eigenvalue weighted by Crippen LogP contribution is 2.35. The third kappa shape index (κ3) is 34.7. The Labute approximate surface area is 274 Å². The molecule has 0 saturated heterocycles. The normalized spacial score (nSPS) is 13.1. The van der Waals surface area contributed by atoms with E-state index >= 15 is 0 Å². The van der Waals surface area contributed by atoms with Gasteiger partial charge in [-0.2, -0.15) is 0 Å². The van der Waals surface area contributed by atoms with Gasteiger partial charge < -0.3 is 19.3 Å². The summed E-state index contributed by atoms with van der Waals surface area (Å²) in [6, 6.07) is 0. The van der Waals surface area contributed by atoms with Gasteiger partial charge >= 0.3 is 19.8 Å². The number of allylic oxidation sites excluding steroid dienone is 8. The highest BCUT2D eigenvalue weighted by molar-refractivity contribution is 7.46. The fraction of sp³-hybridized carbons (Fsp3) is 0.722. The lowest BCUT2D eigenvalue weighted by Crippen LogP contribution is -2.29. The van der Waals surface area contributed by atoms with Gasteiger partial charge in [0.2, 0.25) is 0 Å². The molecule has 45 heavy (non-hydrogen) atoms. The van der Waals surface area contributed by atoms with E-state index in [1.807, 2.05) is 18.2 Å². The van der Waals surface area contributed by atoms with E-state index in [4.69, 9.17) is 19.3 Å². The first kappa shape index (κ1) is 43.0. The van der Waals surface area contributed by atoms with Crippen molar-refractivity contribution in [3.63, 3.8) is 0 Å². The fourth-order valence-electron chi connectivity index (χ4n) is 4.54. The maximum Gasteiger partial charge on any atom is 0.469 e. The summed E-state index contributed by atoms with van der Waals surface area (Å²) in [5.41, 5.74) is 0. The minimum Gasteiger partial charge on any atom is -0.462 e. The molecule has 9 heteroatoms. The van der Waals surface area contributed by atoms with Crippen molar-refractivity contribution in [2.24, 2.45) is 0 Å². The quantitative estimate of drug-likeness (QED) is 0.0249. The van der Waals surface area contributed by atoms with Crippen molar-refractivity contribution in [3.05, 3.63) is 48.6 Å². The van der Waals surface area contributed by atoms with Crippen LogP contribution in [0.5, 0.6) is 0 Å². The average molecular weight is 655 g/mol. The molecule has 0 spiro atoms. The second-order valence-corrected chi connectivity index (χ2v) is 12.8. The molecule has 0 aromatic heterocycles. The Balaban J connectivity index is 4.06. The predicted molar refractivity (Wildman–Crippen MR) is 184 cm³/mol. The number of unbranched alkanes of at least 4 members (excludes halogenated alkanes) is 15. The van der Waals surface area contributed by atoms with Gasteiger partial charge in [-0.1, -0.05) is 127 Å². The van der Waals surface area contributed by atoms with E-state index in [9.17, 15) is 14.2 Å². The molecule has 0 radical (unpaired) electrons. The molecular formula is C36H63O8P. The van der Waals surface area contributed by atoms with Crippen LogP contribution in [-0.2, 0) is 28.2 Å². The Morgan fingerprint density at radius 1 is 0.600 bits per heavy atom. The third-order valence-electron chi connectivity index (χ3n) is 7.14. The monoisotopic (exact) mass is 654 g/mol. The van der Waals surface area contributed by atoms with E-state index in [2.05, 4.69) is 48.8 Å². The second-order valence-electron chi connectivity index (χ2n) is 11.5. The molecule has 0 aliphatic heterocycles. The lowest BCUT2D eigenvalue weighted by molar-refractivity contribution is -0.161. The van der Waals surface area contributed by atoms with Crippen LogP contribution in [0.2, 0.25) is 0 Å². The van der Waals surface area contributed by atoms with Gasteiger partial charge in [0.25, 0.3) is 0 Å². The van der Waals surface area contributed by atoms with E-state index in [0.717, 1.165) is 64.2 Å². The Kier molecular flexibility index (Phi) is 30.6. The summed E-state index contributed by atoms with van der Waals surface area (Å²) in [5.74, 6) is -0.932. The van der Waals surface area contributed by atoms with E-state index in [1.165, 1.54) is 44.9 Å². The molecule has 0 saturated carbocycles. The van der Waals surface area contributed by atoms with Crippen molar-refractivity contribution in [1.82, 2.24) is 0 Å². The Morgan fingerprint density at radius 2 is 1.09 bits per heavy atom. The van der Waals surface area contributed by atoms with Crippen molar-refractivity contribution in [2.75, 3.05) is 13.2 Å². The first-order chi connectivity index (χ1) is 21.8. The summed E-state index contributed by atoms with van der Waals surface area (Å²) < 4.78 is 26.2. The van der Waals surface area contributed by atoms with Gasteiger partial charge in [0.05, 0.1) is 6.61 Å². The van der Waals surface area contributed by atoms with Crippen LogP contribution in [0.15, 0.2) is 48.6 Å². The van der Waals surface area contributed by atoms with Crippen LogP contribution in [0, 0.1) is 0 Å². The van der Waals surface area contributed by atoms with Crippen molar-refractivity contribution in [3.8, 4) is 0 Å². The molecule has 260 valence electrons. The zero-order valence-electron chi connectivity index (χ0n) is 28.3. The molecule has 0 aromatic rings. The zero-order chi connectivity index (χ0) is 33.3. The van der Waals surface area contributed by atoms with Crippen LogP contribution < -0.4 is 0 Å². The van der Waals surface area contributed by atoms with Gasteiger partial charge in [-0.15, -0.1) is 0 Å². The number of rotatable bonds is 31. The van der Waals surface area contributed by atoms with E-state index < -0.39 is 32.5 Å². The molecule has 0 fully saturated rings. The zero-order valence-corrected chi connectivity index (χ0v) is 29.1. The third-order valence-corrected chi connectivity index (χ3v) is 7.63. The number of hydrogen-bond donors (Lipinski definition) is 2. The maximum atomic E-state index is 12.3. The Hall–Kier alpha value is -1.99. The van der Waals surface area contributed by atoms with Crippen LogP contribution in [0.3, 0.4) is 0 Å². The molecule has 0 bridgehead atoms. The Bertz CT molecular complexity index is 874. The van der Waals surface area contributed by atoms with Gasteiger partial charge in [-0.25, -0.2) is 4.57 Å². The first-order valence-electron chi connectivity index (χ1n) is 17.5. The largest absolute Gasteiger partial charge is 0.469 e. The van der Waals surface area contributed by atoms with Gasteiger partial charge in [0, 0.05) is 12.8 Å². The maximum absolute atomic E-state index is 12.3. The van der Waals surface area contributed by atoms with Crippen LogP contribution in [-0.4, -0.2) is 41.0 Å². The van der Waals surface area contributed by atoms with E-state index in [0.29, 0.717) is 12.8 Å². The SMILES string of the molecule is CC/C=C/C=C/C=C/CCCCCCCC(=O)OC(COC(=O)CCCCC/C=C/CCCCCCCCC)COP(=O)(O)O. The average Bonchev–Trinajstić information content (AvgIpc) is 3.00. The van der Waals surface area contributed by atoms with E-state index in [-0.39, 0.29) is 19.4 Å². The fourth-order valence-corrected chi connectivity index (χ4v) is 4.90. The molecule has 1 unspecified atom stereocenters. The minimum atomic E-state index is -4.76. The van der Waals surface area contributed by atoms with Crippen LogP contribution in [0.25, 0.3) is 0 Å². The highest BCUT2D eigenvalue weighted by Gasteiger charge is 2.22. The van der Waals surface area contributed by atoms with Crippen molar-refractivity contribution in [2.45, 2.75) is 155 Å². The van der Waals surface area contributed by atoms with Gasteiger partial charge in [-0.3, -0.25) is 14.1 Å². The van der Waals surface area contributed by atoms with E-state index in [1.54, 1.807) is 0 Å². The molecule has 0 aromatic carbocycles. The number of phosphoric acid groups is 1. The summed E-state index contributed by atoms with van der Waals surface area (Å²) in [5, 5.41) is 0. The summed E-state index contributed by atoms with van der Waals surface area (Å²) >= 11 is 0. The van der Waals surface area contributed by atoms with Gasteiger partial charge in [-0.05, 0) is 57.8 Å². The van der Waals surface area contributed by atoms with Gasteiger partial charge in [0.15, 0.2) is 6.10 Å². The van der Waals surface area contributed by atoms with Crippen molar-refractivity contribution < 1.29 is 37.9 Å². The number of ether oxygens (including phenoxy) is 2. The van der Waals surface area contributed by atoms with Crippen molar-refractivity contribution >= 4 is 19.8 Å². The summed E-state index contributed by atoms with van der Waals surface area (Å²) in [6.45, 7) is 3.49. The van der Waals surface area contributed by atoms with Gasteiger partial charge in [0.1, 0.15) is 6.61 Å². The topological polar surface area (TPSA) is 119 Å². The number of carbonyl (C=O) groups is 2. The molecule has 2 N–H and O–H groups in total. The minimum absolute atomic E-state index is 0.184. The van der Waals surface area contributed by atoms with Crippen LogP contribution >= 0.6 is 7.82 Å². The standard InChI is InChI=1S/C36H63O8P/c1-3-5-7-9-11-13-15-17-19-20-22-24-26-28-30-35(37)42-32-34(33-43-45(39,40)41)44-36(38)31-29-27-25-23-21-18-16-14-12-10-8-6-4-2/h6,8,10,12,14,16,19-20,34H,3-5,7,9,11,13,15,17-18,21-33H2,1-2H3,(H2,39,40,41)/b8-6+,12-10+,16-14+,20-19+. The number of esters is 2. The molecular weight excluding hydrogens is 591 g/mol. The summed E-state index contributed by atoms with van der Waals surface area (Å²) in [4.78, 5) is 42.6. The van der Waals surface area contributed by atoms with Crippen LogP contribution in [0.1, 0.15) is 149 Å². The molecule has 1 atom stereocenters. The number of carbonyl (C=O) groups excluding carboxylic acids is 2. The number of phosphoric ester groups is 1. The lowest BCUT2D eigenvalue weighted by Gasteiger charge is -2.18. The summed E-state index contributed by atoms with van der Waals surface area (Å²) in [6.07, 6.45) is 36.9. The number of hydrogen-bond acceptors (Lipinski definition) is 6. The lowest BCUT2D eigenvalue weighted by atomic mass is 10.1. The summed E-state index contributed by atoms with van der Waals surface area (Å²) in [7, 11) is -4.76. The molecule has 0 amide bonds. The molecule has 8 nitrogen and oxygen atoms in total. The smallest absolute Gasteiger partial charge is 0.462 e. The first-order valence-corrected chi connectivity index (χ1v) is 19.0. The molecule has 0 heterocycles. The Morgan fingerprint density at radius 3 is 1.67 bits per heavy atom. The van der Waals surface area contributed by atoms with Crippen LogP contribution in [0.4, 0.5) is 0 Å². The second kappa shape index (κ2) is 32.0. The van der Waals surface area contributed by atoms with Crippen molar-refractivity contribution in [1.29, 1.82) is 0 Å². The molecule has 0 aliphatic rings. The highest BCUT2D eigenvalue weighted by atomic mass is 31.2. The predicted octanol–water partition coefficient (Wildman–Crippen LogP) is 10.0. The molecule has 0 rings (SSSR count). The molecule has 0 aliphatic carbocycles.